The Bertz CT molecular complexity index is 351. The van der Waals surface area contributed by atoms with E-state index in [0.29, 0.717) is 25.4 Å². The normalized spacial score (nSPS) is 15.8. The van der Waals surface area contributed by atoms with E-state index in [9.17, 15) is 14.4 Å². The predicted molar refractivity (Wildman–Crippen MR) is 71.2 cm³/mol. The molecule has 7 heteroatoms. The zero-order chi connectivity index (χ0) is 15.0. The Hall–Kier alpha value is -1.79. The van der Waals surface area contributed by atoms with Crippen molar-refractivity contribution in [3.05, 3.63) is 0 Å². The zero-order valence-corrected chi connectivity index (χ0v) is 11.8. The Morgan fingerprint density at radius 3 is 2.45 bits per heavy atom. The summed E-state index contributed by atoms with van der Waals surface area (Å²) in [6, 6.07) is -0.175. The van der Waals surface area contributed by atoms with E-state index in [1.807, 2.05) is 0 Å². The van der Waals surface area contributed by atoms with Crippen molar-refractivity contribution in [1.82, 2.24) is 10.2 Å². The Morgan fingerprint density at radius 1 is 1.25 bits per heavy atom. The molecule has 114 valence electrons. The average Bonchev–Trinajstić information content (AvgIpc) is 2.45. The van der Waals surface area contributed by atoms with Crippen LogP contribution in [0.4, 0.5) is 4.79 Å². The number of carboxylic acid groups (broad SMARTS) is 1. The van der Waals surface area contributed by atoms with Crippen LogP contribution < -0.4 is 5.32 Å². The highest BCUT2D eigenvalue weighted by molar-refractivity contribution is 5.75. The van der Waals surface area contributed by atoms with E-state index in [4.69, 9.17) is 5.11 Å². The molecule has 0 aromatic heterocycles. The van der Waals surface area contributed by atoms with Gasteiger partial charge in [0.15, 0.2) is 0 Å². The standard InChI is InChI=1S/C13H22N2O5/c1-20-12(18)4-7-14-13(19)15-8-5-10(6-9-15)2-3-11(16)17/h10H,2-9H2,1H3,(H,14,19)(H,16,17). The van der Waals surface area contributed by atoms with Crippen LogP contribution in [0.2, 0.25) is 0 Å². The second-order valence-corrected chi connectivity index (χ2v) is 4.92. The van der Waals surface area contributed by atoms with Crippen LogP contribution in [-0.4, -0.2) is 54.7 Å². The van der Waals surface area contributed by atoms with Crippen molar-refractivity contribution >= 4 is 18.0 Å². The lowest BCUT2D eigenvalue weighted by atomic mass is 9.92. The number of piperidine rings is 1. The van der Waals surface area contributed by atoms with Gasteiger partial charge in [-0.15, -0.1) is 0 Å². The molecule has 1 aliphatic rings. The number of nitrogens with zero attached hydrogens (tertiary/aromatic N) is 1. The number of hydrogen-bond donors (Lipinski definition) is 2. The molecule has 0 spiro atoms. The molecule has 0 atom stereocenters. The number of esters is 1. The Morgan fingerprint density at radius 2 is 1.90 bits per heavy atom. The molecule has 0 unspecified atom stereocenters. The lowest BCUT2D eigenvalue weighted by molar-refractivity contribution is -0.140. The van der Waals surface area contributed by atoms with Gasteiger partial charge in [-0.25, -0.2) is 4.79 Å². The first-order chi connectivity index (χ1) is 9.52. The molecule has 20 heavy (non-hydrogen) atoms. The van der Waals surface area contributed by atoms with Gasteiger partial charge in [-0.05, 0) is 25.2 Å². The Kier molecular flexibility index (Phi) is 6.83. The molecule has 2 amide bonds. The smallest absolute Gasteiger partial charge is 0.317 e. The highest BCUT2D eigenvalue weighted by atomic mass is 16.5. The van der Waals surface area contributed by atoms with Crippen molar-refractivity contribution in [2.24, 2.45) is 5.92 Å². The van der Waals surface area contributed by atoms with Crippen LogP contribution in [0, 0.1) is 5.92 Å². The molecule has 0 bridgehead atoms. The minimum atomic E-state index is -0.770. The van der Waals surface area contributed by atoms with Crippen LogP contribution in [-0.2, 0) is 14.3 Å². The molecule has 0 aromatic carbocycles. The number of ether oxygens (including phenoxy) is 1. The first-order valence-corrected chi connectivity index (χ1v) is 6.84. The maximum absolute atomic E-state index is 11.8. The zero-order valence-electron chi connectivity index (χ0n) is 11.8. The Balaban J connectivity index is 2.18. The lowest BCUT2D eigenvalue weighted by Crippen LogP contribution is -2.45. The van der Waals surface area contributed by atoms with Gasteiger partial charge < -0.3 is 20.1 Å². The average molecular weight is 286 g/mol. The number of hydrogen-bond acceptors (Lipinski definition) is 4. The van der Waals surface area contributed by atoms with Gasteiger partial charge in [0.2, 0.25) is 0 Å². The minimum absolute atomic E-state index is 0.164. The summed E-state index contributed by atoms with van der Waals surface area (Å²) in [7, 11) is 1.31. The second-order valence-electron chi connectivity index (χ2n) is 4.92. The molecule has 2 N–H and O–H groups in total. The highest BCUT2D eigenvalue weighted by Gasteiger charge is 2.22. The highest BCUT2D eigenvalue weighted by Crippen LogP contribution is 2.21. The van der Waals surface area contributed by atoms with Crippen molar-refractivity contribution in [3.8, 4) is 0 Å². The fourth-order valence-electron chi connectivity index (χ4n) is 2.24. The number of rotatable bonds is 6. The van der Waals surface area contributed by atoms with Crippen molar-refractivity contribution in [2.75, 3.05) is 26.7 Å². The van der Waals surface area contributed by atoms with E-state index in [-0.39, 0.29) is 31.4 Å². The molecule has 1 fully saturated rings. The molecule has 0 aliphatic carbocycles. The molecule has 1 rings (SSSR count). The van der Waals surface area contributed by atoms with Crippen LogP contribution >= 0.6 is 0 Å². The van der Waals surface area contributed by atoms with E-state index in [1.54, 1.807) is 4.90 Å². The quantitative estimate of drug-likeness (QED) is 0.705. The summed E-state index contributed by atoms with van der Waals surface area (Å²) in [6.45, 7) is 1.53. The van der Waals surface area contributed by atoms with Crippen molar-refractivity contribution in [2.45, 2.75) is 32.1 Å². The first-order valence-electron chi connectivity index (χ1n) is 6.84. The fourth-order valence-corrected chi connectivity index (χ4v) is 2.24. The van der Waals surface area contributed by atoms with Gasteiger partial charge in [-0.1, -0.05) is 0 Å². The number of aliphatic carboxylic acids is 1. The van der Waals surface area contributed by atoms with Gasteiger partial charge >= 0.3 is 18.0 Å². The molecular weight excluding hydrogens is 264 g/mol. The number of carboxylic acids is 1. The third kappa shape index (κ3) is 5.90. The van der Waals surface area contributed by atoms with Crippen LogP contribution in [0.25, 0.3) is 0 Å². The SMILES string of the molecule is COC(=O)CCNC(=O)N1CCC(CCC(=O)O)CC1. The predicted octanol–water partition coefficient (Wildman–Crippen LogP) is 0.836. The minimum Gasteiger partial charge on any atom is -0.481 e. The van der Waals surface area contributed by atoms with Crippen LogP contribution in [0.1, 0.15) is 32.1 Å². The van der Waals surface area contributed by atoms with Gasteiger partial charge in [0.25, 0.3) is 0 Å². The van der Waals surface area contributed by atoms with E-state index >= 15 is 0 Å². The largest absolute Gasteiger partial charge is 0.481 e. The summed E-state index contributed by atoms with van der Waals surface area (Å²) in [5.74, 6) is -0.740. The summed E-state index contributed by atoms with van der Waals surface area (Å²) in [5.41, 5.74) is 0. The molecule has 0 aromatic rings. The maximum atomic E-state index is 11.8. The molecular formula is C13H22N2O5. The summed E-state index contributed by atoms with van der Waals surface area (Å²) >= 11 is 0. The van der Waals surface area contributed by atoms with E-state index in [1.165, 1.54) is 7.11 Å². The van der Waals surface area contributed by atoms with Gasteiger partial charge in [0, 0.05) is 26.1 Å². The number of amides is 2. The summed E-state index contributed by atoms with van der Waals surface area (Å²) in [5, 5.41) is 11.3. The molecule has 0 radical (unpaired) electrons. The molecule has 1 heterocycles. The third-order valence-electron chi connectivity index (χ3n) is 3.50. The first kappa shape index (κ1) is 16.3. The fraction of sp³-hybridized carbons (Fsp3) is 0.769. The van der Waals surface area contributed by atoms with E-state index in [0.717, 1.165) is 12.8 Å². The van der Waals surface area contributed by atoms with Crippen molar-refractivity contribution < 1.29 is 24.2 Å². The third-order valence-corrected chi connectivity index (χ3v) is 3.50. The van der Waals surface area contributed by atoms with Crippen molar-refractivity contribution in [1.29, 1.82) is 0 Å². The van der Waals surface area contributed by atoms with E-state index in [2.05, 4.69) is 10.1 Å². The number of carbonyl (C=O) groups excluding carboxylic acids is 2. The van der Waals surface area contributed by atoms with Gasteiger partial charge in [-0.2, -0.15) is 0 Å². The van der Waals surface area contributed by atoms with Gasteiger partial charge in [0.05, 0.1) is 13.5 Å². The summed E-state index contributed by atoms with van der Waals surface area (Å²) in [4.78, 5) is 34.9. The van der Waals surface area contributed by atoms with Gasteiger partial charge in [-0.3, -0.25) is 9.59 Å². The number of methoxy groups -OCH3 is 1. The van der Waals surface area contributed by atoms with Crippen LogP contribution in [0.15, 0.2) is 0 Å². The van der Waals surface area contributed by atoms with Gasteiger partial charge in [0.1, 0.15) is 0 Å². The van der Waals surface area contributed by atoms with Crippen LogP contribution in [0.3, 0.4) is 0 Å². The Labute approximate surface area is 118 Å². The maximum Gasteiger partial charge on any atom is 0.317 e. The monoisotopic (exact) mass is 286 g/mol. The number of carbonyl (C=O) groups is 3. The lowest BCUT2D eigenvalue weighted by Gasteiger charge is -2.31. The van der Waals surface area contributed by atoms with Crippen LogP contribution in [0.5, 0.6) is 0 Å². The molecule has 0 saturated carbocycles. The summed E-state index contributed by atoms with van der Waals surface area (Å²) < 4.78 is 4.49. The number of urea groups is 1. The molecule has 1 saturated heterocycles. The van der Waals surface area contributed by atoms with E-state index < -0.39 is 5.97 Å². The number of nitrogens with one attached hydrogen (secondary N) is 1. The second kappa shape index (κ2) is 8.39. The number of likely N-dealkylation sites (tertiary alicyclic amines) is 1. The van der Waals surface area contributed by atoms with Crippen molar-refractivity contribution in [3.63, 3.8) is 0 Å². The molecule has 1 aliphatic heterocycles. The topological polar surface area (TPSA) is 95.9 Å². The summed E-state index contributed by atoms with van der Waals surface area (Å²) in [6.07, 6.45) is 2.69. The molecule has 7 nitrogen and oxygen atoms in total.